The molecule has 1 saturated carbocycles. The average Bonchev–Trinajstić information content (AvgIpc) is 3.53. The van der Waals surface area contributed by atoms with Gasteiger partial charge in [-0.15, -0.1) is 11.3 Å². The minimum atomic E-state index is -0.0874. The molecule has 1 fully saturated rings. The van der Waals surface area contributed by atoms with Crippen LogP contribution < -0.4 is 9.80 Å². The summed E-state index contributed by atoms with van der Waals surface area (Å²) < 4.78 is 0. The molecule has 1 amide bonds. The smallest absolute Gasteiger partial charge is 0.284 e. The minimum Gasteiger partial charge on any atom is -0.378 e. The van der Waals surface area contributed by atoms with E-state index in [0.29, 0.717) is 0 Å². The lowest BCUT2D eigenvalue weighted by molar-refractivity contribution is 0.0686. The SMILES string of the molecule is CN(C)c1ccc(/C=C2/CCC[C@@H]3C2=NN(C(=O)c2cccs2)[C@@H]3c2ccc(N(C)C)cc2)cc1. The van der Waals surface area contributed by atoms with Crippen LogP contribution >= 0.6 is 11.3 Å². The molecule has 2 aliphatic rings. The number of hydrogen-bond donors (Lipinski definition) is 0. The number of hydrazone groups is 1. The van der Waals surface area contributed by atoms with E-state index in [1.54, 1.807) is 5.01 Å². The van der Waals surface area contributed by atoms with Crippen molar-refractivity contribution in [3.63, 3.8) is 0 Å². The molecular formula is C29H32N4OS. The van der Waals surface area contributed by atoms with E-state index in [2.05, 4.69) is 78.5 Å². The Bertz CT molecular complexity index is 1240. The quantitative estimate of drug-likeness (QED) is 0.426. The summed E-state index contributed by atoms with van der Waals surface area (Å²) in [6.07, 6.45) is 5.37. The van der Waals surface area contributed by atoms with Gasteiger partial charge in [-0.2, -0.15) is 5.10 Å². The number of allylic oxidation sites excluding steroid dienone is 1. The molecule has 1 aliphatic heterocycles. The molecule has 2 atom stereocenters. The molecule has 0 saturated heterocycles. The molecule has 0 bridgehead atoms. The fraction of sp³-hybridized carbons (Fsp3) is 0.310. The lowest BCUT2D eigenvalue weighted by Gasteiger charge is -2.30. The number of rotatable bonds is 5. The number of carbonyl (C=O) groups excluding carboxylic acids is 1. The highest BCUT2D eigenvalue weighted by Crippen LogP contribution is 2.45. The molecule has 2 aromatic carbocycles. The Kier molecular flexibility index (Phi) is 6.48. The van der Waals surface area contributed by atoms with Crippen molar-refractivity contribution in [3.8, 4) is 0 Å². The molecular weight excluding hydrogens is 452 g/mol. The van der Waals surface area contributed by atoms with E-state index in [9.17, 15) is 4.79 Å². The van der Waals surface area contributed by atoms with Crippen molar-refractivity contribution in [2.24, 2.45) is 11.0 Å². The number of nitrogens with zero attached hydrogens (tertiary/aromatic N) is 4. The van der Waals surface area contributed by atoms with Gasteiger partial charge in [0, 0.05) is 45.5 Å². The van der Waals surface area contributed by atoms with Gasteiger partial charge in [-0.25, -0.2) is 5.01 Å². The van der Waals surface area contributed by atoms with Crippen LogP contribution in [0.25, 0.3) is 6.08 Å². The zero-order valence-electron chi connectivity index (χ0n) is 20.8. The van der Waals surface area contributed by atoms with E-state index < -0.39 is 0 Å². The molecule has 35 heavy (non-hydrogen) atoms. The standard InChI is InChI=1S/C29H32N4OS/c1-31(2)23-14-10-20(11-15-23)19-22-7-5-8-25-27(22)30-33(29(34)26-9-6-18-35-26)28(25)21-12-16-24(17-13-21)32(3)4/h6,9-19,25,28H,5,7-8H2,1-4H3/b22-19-/t25-,28-/m1/s1. The first kappa shape index (κ1) is 23.4. The van der Waals surface area contributed by atoms with Gasteiger partial charge < -0.3 is 9.80 Å². The van der Waals surface area contributed by atoms with Gasteiger partial charge in [0.1, 0.15) is 0 Å². The van der Waals surface area contributed by atoms with Gasteiger partial charge in [0.15, 0.2) is 0 Å². The summed E-state index contributed by atoms with van der Waals surface area (Å²) in [5.74, 6) is 0.184. The van der Waals surface area contributed by atoms with Crippen molar-refractivity contribution in [1.29, 1.82) is 0 Å². The lowest BCUT2D eigenvalue weighted by atomic mass is 9.77. The average molecular weight is 485 g/mol. The second-order valence-electron chi connectivity index (χ2n) is 9.70. The molecule has 1 aliphatic carbocycles. The van der Waals surface area contributed by atoms with Gasteiger partial charge in [-0.1, -0.05) is 30.3 Å². The number of thiophene rings is 1. The molecule has 0 radical (unpaired) electrons. The second kappa shape index (κ2) is 9.70. The van der Waals surface area contributed by atoms with Crippen LogP contribution in [0.3, 0.4) is 0 Å². The van der Waals surface area contributed by atoms with Crippen molar-refractivity contribution in [3.05, 3.63) is 87.6 Å². The van der Waals surface area contributed by atoms with Crippen molar-refractivity contribution in [2.45, 2.75) is 25.3 Å². The van der Waals surface area contributed by atoms with Gasteiger partial charge >= 0.3 is 0 Å². The summed E-state index contributed by atoms with van der Waals surface area (Å²) in [6, 6.07) is 20.9. The third-order valence-corrected chi connectivity index (χ3v) is 7.80. The van der Waals surface area contributed by atoms with Crippen LogP contribution in [0.15, 0.2) is 76.7 Å². The van der Waals surface area contributed by atoms with E-state index >= 15 is 0 Å². The Balaban J connectivity index is 1.53. The van der Waals surface area contributed by atoms with Crippen molar-refractivity contribution < 1.29 is 4.79 Å². The largest absolute Gasteiger partial charge is 0.378 e. The maximum Gasteiger partial charge on any atom is 0.284 e. The van der Waals surface area contributed by atoms with E-state index in [1.807, 2.05) is 31.6 Å². The first-order chi connectivity index (χ1) is 16.9. The highest BCUT2D eigenvalue weighted by Gasteiger charge is 2.44. The van der Waals surface area contributed by atoms with E-state index in [4.69, 9.17) is 5.10 Å². The van der Waals surface area contributed by atoms with Crippen LogP contribution in [0, 0.1) is 5.92 Å². The molecule has 5 nitrogen and oxygen atoms in total. The summed E-state index contributed by atoms with van der Waals surface area (Å²) in [6.45, 7) is 0. The molecule has 3 aromatic rings. The topological polar surface area (TPSA) is 39.1 Å². The molecule has 0 N–H and O–H groups in total. The summed E-state index contributed by atoms with van der Waals surface area (Å²) in [5, 5.41) is 8.73. The van der Waals surface area contributed by atoms with Gasteiger partial charge in [0.05, 0.1) is 16.6 Å². The molecule has 5 rings (SSSR count). The summed E-state index contributed by atoms with van der Waals surface area (Å²) in [5.41, 5.74) is 6.95. The Morgan fingerprint density at radius 2 is 1.63 bits per heavy atom. The van der Waals surface area contributed by atoms with Gasteiger partial charge in [0.25, 0.3) is 5.91 Å². The van der Waals surface area contributed by atoms with Gasteiger partial charge in [-0.05, 0) is 77.8 Å². The van der Waals surface area contributed by atoms with Crippen LogP contribution in [0.2, 0.25) is 0 Å². The number of benzene rings is 2. The molecule has 6 heteroatoms. The van der Waals surface area contributed by atoms with Crippen LogP contribution in [0.5, 0.6) is 0 Å². The Hall–Kier alpha value is -3.38. The maximum absolute atomic E-state index is 13.6. The molecule has 1 aromatic heterocycles. The minimum absolute atomic E-state index is 0.0155. The second-order valence-corrected chi connectivity index (χ2v) is 10.6. The zero-order chi connectivity index (χ0) is 24.5. The Morgan fingerprint density at radius 1 is 0.971 bits per heavy atom. The molecule has 2 heterocycles. The third kappa shape index (κ3) is 4.63. The van der Waals surface area contributed by atoms with Crippen LogP contribution in [0.4, 0.5) is 11.4 Å². The predicted octanol–water partition coefficient (Wildman–Crippen LogP) is 6.32. The fourth-order valence-corrected chi connectivity index (χ4v) is 5.71. The van der Waals surface area contributed by atoms with Crippen LogP contribution in [-0.2, 0) is 0 Å². The van der Waals surface area contributed by atoms with Crippen molar-refractivity contribution in [2.75, 3.05) is 38.0 Å². The van der Waals surface area contributed by atoms with E-state index in [-0.39, 0.29) is 17.9 Å². The molecule has 0 unspecified atom stereocenters. The monoisotopic (exact) mass is 484 g/mol. The summed E-state index contributed by atoms with van der Waals surface area (Å²) >= 11 is 1.48. The Morgan fingerprint density at radius 3 is 2.23 bits per heavy atom. The Labute approximate surface area is 212 Å². The lowest BCUT2D eigenvalue weighted by Crippen LogP contribution is -2.31. The van der Waals surface area contributed by atoms with Crippen LogP contribution in [0.1, 0.15) is 46.1 Å². The zero-order valence-corrected chi connectivity index (χ0v) is 21.6. The number of anilines is 2. The number of carbonyl (C=O) groups is 1. The van der Waals surface area contributed by atoms with E-state index in [0.717, 1.165) is 41.1 Å². The molecule has 180 valence electrons. The summed E-state index contributed by atoms with van der Waals surface area (Å²) in [7, 11) is 8.19. The molecule has 0 spiro atoms. The predicted molar refractivity (Wildman–Crippen MR) is 148 cm³/mol. The van der Waals surface area contributed by atoms with Gasteiger partial charge in [0.2, 0.25) is 0 Å². The fourth-order valence-electron chi connectivity index (χ4n) is 5.05. The number of fused-ring (bicyclic) bond motifs is 1. The highest BCUT2D eigenvalue weighted by atomic mass is 32.1. The first-order valence-electron chi connectivity index (χ1n) is 12.1. The number of hydrogen-bond acceptors (Lipinski definition) is 5. The van der Waals surface area contributed by atoms with Gasteiger partial charge in [-0.3, -0.25) is 4.79 Å². The van der Waals surface area contributed by atoms with Crippen molar-refractivity contribution in [1.82, 2.24) is 5.01 Å². The number of amides is 1. The first-order valence-corrected chi connectivity index (χ1v) is 13.0. The maximum atomic E-state index is 13.6. The normalized spacial score (nSPS) is 20.5. The van der Waals surface area contributed by atoms with Crippen LogP contribution in [-0.4, -0.2) is 44.8 Å². The van der Waals surface area contributed by atoms with E-state index in [1.165, 1.54) is 28.2 Å². The third-order valence-electron chi connectivity index (χ3n) is 6.94. The highest BCUT2D eigenvalue weighted by molar-refractivity contribution is 7.12. The van der Waals surface area contributed by atoms with Crippen molar-refractivity contribution >= 4 is 40.4 Å². The summed E-state index contributed by atoms with van der Waals surface area (Å²) in [4.78, 5) is 18.5.